The molecule has 2 aliphatic carbocycles. The number of hydrogen-bond donors (Lipinski definition) is 0. The minimum absolute atomic E-state index is 0.0362. The van der Waals surface area contributed by atoms with Crippen molar-refractivity contribution in [3.05, 3.63) is 298 Å². The first-order valence-corrected chi connectivity index (χ1v) is 25.1. The lowest BCUT2D eigenvalue weighted by atomic mass is 9.66. The Bertz CT molecular complexity index is 3550. The Labute approximate surface area is 415 Å². The quantitative estimate of drug-likeness (QED) is 0.135. The number of rotatable bonds is 9. The van der Waals surface area contributed by atoms with Crippen LogP contribution in [0.15, 0.2) is 243 Å². The van der Waals surface area contributed by atoms with Gasteiger partial charge in [0.1, 0.15) is 0 Å². The van der Waals surface area contributed by atoms with E-state index in [9.17, 15) is 0 Å². The van der Waals surface area contributed by atoms with Gasteiger partial charge in [-0.05, 0) is 129 Å². The van der Waals surface area contributed by atoms with Crippen LogP contribution in [0.4, 0.5) is 0 Å². The van der Waals surface area contributed by atoms with Gasteiger partial charge in [0.25, 0.3) is 0 Å². The highest BCUT2D eigenvalue weighted by Gasteiger charge is 2.47. The number of fused-ring (bicyclic) bond motifs is 6. The number of benzene rings is 10. The van der Waals surface area contributed by atoms with Gasteiger partial charge in [-0.25, -0.2) is 0 Å². The van der Waals surface area contributed by atoms with Gasteiger partial charge in [0.15, 0.2) is 0 Å². The molecule has 0 heterocycles. The van der Waals surface area contributed by atoms with Crippen molar-refractivity contribution in [3.63, 3.8) is 0 Å². The lowest BCUT2D eigenvalue weighted by molar-refractivity contribution is 0.590. The fourth-order valence-corrected chi connectivity index (χ4v) is 12.2. The molecule has 2 unspecified atom stereocenters. The monoisotopic (exact) mass is 898 g/mol. The van der Waals surface area contributed by atoms with E-state index in [2.05, 4.69) is 277 Å². The van der Waals surface area contributed by atoms with Crippen molar-refractivity contribution in [1.82, 2.24) is 0 Å². The lowest BCUT2D eigenvalue weighted by Crippen LogP contribution is -2.29. The Hall–Kier alpha value is -7.80. The maximum absolute atomic E-state index is 2.60. The smallest absolute Gasteiger partial charge is 0.0622 e. The van der Waals surface area contributed by atoms with Gasteiger partial charge in [-0.1, -0.05) is 271 Å². The van der Waals surface area contributed by atoms with Crippen LogP contribution in [0.5, 0.6) is 0 Å². The van der Waals surface area contributed by atoms with Crippen LogP contribution in [0, 0.1) is 0 Å². The largest absolute Gasteiger partial charge is 0.0714 e. The van der Waals surface area contributed by atoms with Crippen LogP contribution < -0.4 is 0 Å². The molecule has 338 valence electrons. The third kappa shape index (κ3) is 7.20. The molecule has 2 atom stereocenters. The van der Waals surface area contributed by atoms with Crippen molar-refractivity contribution in [2.24, 2.45) is 0 Å². The van der Waals surface area contributed by atoms with E-state index in [0.717, 1.165) is 6.42 Å². The third-order valence-corrected chi connectivity index (χ3v) is 15.7. The summed E-state index contributed by atoms with van der Waals surface area (Å²) in [5.74, 6) is 0.0685. The highest BCUT2D eigenvalue weighted by atomic mass is 14.5. The number of hydrogen-bond acceptors (Lipinski definition) is 0. The molecule has 0 amide bonds. The van der Waals surface area contributed by atoms with Crippen LogP contribution in [-0.4, -0.2) is 0 Å². The average Bonchev–Trinajstić information content (AvgIpc) is 3.83. The van der Waals surface area contributed by atoms with Gasteiger partial charge in [-0.15, -0.1) is 0 Å². The summed E-state index contributed by atoms with van der Waals surface area (Å²) in [6.07, 6.45) is 0.816. The van der Waals surface area contributed by atoms with Gasteiger partial charge in [0, 0.05) is 11.3 Å². The van der Waals surface area contributed by atoms with Crippen molar-refractivity contribution in [3.8, 4) is 55.6 Å². The predicted octanol–water partition coefficient (Wildman–Crippen LogP) is 18.0. The van der Waals surface area contributed by atoms with Gasteiger partial charge in [-0.2, -0.15) is 0 Å². The maximum atomic E-state index is 2.60. The summed E-state index contributed by atoms with van der Waals surface area (Å²) in [4.78, 5) is 0. The normalized spacial score (nSPS) is 15.7. The van der Waals surface area contributed by atoms with Crippen LogP contribution in [-0.2, 0) is 22.7 Å². The molecular formula is C70H58. The first kappa shape index (κ1) is 43.5. The highest BCUT2D eigenvalue weighted by molar-refractivity contribution is 5.96. The van der Waals surface area contributed by atoms with Crippen LogP contribution >= 0.6 is 0 Å². The molecule has 0 fully saturated rings. The third-order valence-electron chi connectivity index (χ3n) is 15.7. The second-order valence-electron chi connectivity index (χ2n) is 21.2. The molecule has 0 radical (unpaired) electrons. The average molecular weight is 899 g/mol. The van der Waals surface area contributed by atoms with Crippen molar-refractivity contribution >= 4 is 0 Å². The summed E-state index contributed by atoms with van der Waals surface area (Å²) >= 11 is 0. The lowest BCUT2D eigenvalue weighted by Gasteiger charge is -2.35. The van der Waals surface area contributed by atoms with E-state index in [0.29, 0.717) is 0 Å². The molecule has 12 rings (SSSR count). The highest BCUT2D eigenvalue weighted by Crippen LogP contribution is 2.59. The second-order valence-corrected chi connectivity index (χ2v) is 21.2. The van der Waals surface area contributed by atoms with Crippen LogP contribution in [0.3, 0.4) is 0 Å². The Morgan fingerprint density at radius 3 is 1.59 bits per heavy atom. The van der Waals surface area contributed by atoms with Crippen molar-refractivity contribution in [2.45, 2.75) is 63.2 Å². The molecule has 0 N–H and O–H groups in total. The van der Waals surface area contributed by atoms with E-state index in [1.165, 1.54) is 111 Å². The zero-order valence-electron chi connectivity index (χ0n) is 40.9. The molecule has 0 aromatic heterocycles. The second kappa shape index (κ2) is 17.0. The van der Waals surface area contributed by atoms with Gasteiger partial charge in [0.05, 0.1) is 5.41 Å². The fourth-order valence-electron chi connectivity index (χ4n) is 12.2. The zero-order valence-corrected chi connectivity index (χ0v) is 40.9. The minimum atomic E-state index is -0.597. The molecule has 70 heavy (non-hydrogen) atoms. The van der Waals surface area contributed by atoms with Gasteiger partial charge >= 0.3 is 0 Å². The molecule has 0 nitrogen and oxygen atoms in total. The standard InChI is InChI=1S/C70H58/c1-68(2,3)55-38-35-50(36-39-55)62-42-47(41-61(53-27-19-25-51(44-53)48-21-9-6-10-22-48)54-37-40-59-58-31-15-17-33-63(58)69(4,5)65(59)46-54)43-66-67(62)60-32-16-18-34-64(60)70(66,56-28-13-8-14-29-56)57-30-20-26-52(45-57)49-23-11-7-12-24-49/h6-40,42-46,61H,41H2,1-5H3. The van der Waals surface area contributed by atoms with Gasteiger partial charge < -0.3 is 0 Å². The molecule has 0 saturated heterocycles. The first-order valence-electron chi connectivity index (χ1n) is 25.1. The van der Waals surface area contributed by atoms with Crippen molar-refractivity contribution < 1.29 is 0 Å². The Morgan fingerprint density at radius 1 is 0.357 bits per heavy atom. The topological polar surface area (TPSA) is 0 Å². The van der Waals surface area contributed by atoms with Crippen LogP contribution in [0.2, 0.25) is 0 Å². The van der Waals surface area contributed by atoms with Crippen molar-refractivity contribution in [1.29, 1.82) is 0 Å². The molecule has 0 saturated carbocycles. The molecule has 0 bridgehead atoms. The Morgan fingerprint density at radius 2 is 0.900 bits per heavy atom. The molecular weight excluding hydrogens is 841 g/mol. The van der Waals surface area contributed by atoms with E-state index in [-0.39, 0.29) is 16.7 Å². The Balaban J connectivity index is 1.12. The van der Waals surface area contributed by atoms with Crippen molar-refractivity contribution in [2.75, 3.05) is 0 Å². The summed E-state index contributed by atoms with van der Waals surface area (Å²) < 4.78 is 0. The molecule has 0 aliphatic heterocycles. The summed E-state index contributed by atoms with van der Waals surface area (Å²) in [5, 5.41) is 0. The maximum Gasteiger partial charge on any atom is 0.0714 e. The zero-order chi connectivity index (χ0) is 47.6. The van der Waals surface area contributed by atoms with E-state index in [1.54, 1.807) is 0 Å². The summed E-state index contributed by atoms with van der Waals surface area (Å²) in [7, 11) is 0. The van der Waals surface area contributed by atoms with E-state index in [4.69, 9.17) is 0 Å². The molecule has 10 aromatic rings. The first-order chi connectivity index (χ1) is 34.1. The Kier molecular flexibility index (Phi) is 10.6. The summed E-state index contributed by atoms with van der Waals surface area (Å²) in [6.45, 7) is 11.7. The molecule has 0 heteroatoms. The molecule has 10 aromatic carbocycles. The van der Waals surface area contributed by atoms with E-state index in [1.807, 2.05) is 0 Å². The van der Waals surface area contributed by atoms with E-state index >= 15 is 0 Å². The summed E-state index contributed by atoms with van der Waals surface area (Å²) in [6, 6.07) is 92.0. The van der Waals surface area contributed by atoms with Crippen LogP contribution in [0.25, 0.3) is 55.6 Å². The van der Waals surface area contributed by atoms with E-state index < -0.39 is 5.41 Å². The minimum Gasteiger partial charge on any atom is -0.0622 e. The molecule has 0 spiro atoms. The SMILES string of the molecule is CC(C)(C)c1ccc(-c2cc(CC(c3cccc(-c4ccccc4)c3)c3ccc4c(c3)C(C)(C)c3ccccc3-4)cc3c2-c2ccccc2C3(c2ccccc2)c2cccc(-c3ccccc3)c2)cc1. The van der Waals surface area contributed by atoms with Crippen LogP contribution in [0.1, 0.15) is 96.2 Å². The van der Waals surface area contributed by atoms with Gasteiger partial charge in [-0.3, -0.25) is 0 Å². The fraction of sp³-hybridized carbons (Fsp3) is 0.143. The summed E-state index contributed by atoms with van der Waals surface area (Å²) in [5.41, 5.74) is 25.4. The predicted molar refractivity (Wildman–Crippen MR) is 295 cm³/mol. The molecule has 2 aliphatic rings. The van der Waals surface area contributed by atoms with Gasteiger partial charge in [0.2, 0.25) is 0 Å².